The SMILES string of the molecule is CC(CCC/C=C(\CN)SS)[N+](=O)[O-]. The molecule has 0 amide bonds. The van der Waals surface area contributed by atoms with Crippen LogP contribution in [-0.4, -0.2) is 17.5 Å². The molecule has 0 spiro atoms. The van der Waals surface area contributed by atoms with Gasteiger partial charge in [-0.2, -0.15) is 0 Å². The Morgan fingerprint density at radius 1 is 1.79 bits per heavy atom. The number of nitro groups is 1. The minimum absolute atomic E-state index is 0.249. The van der Waals surface area contributed by atoms with Gasteiger partial charge in [0.05, 0.1) is 0 Å². The van der Waals surface area contributed by atoms with Crippen LogP contribution < -0.4 is 5.73 Å². The largest absolute Gasteiger partial charge is 0.326 e. The van der Waals surface area contributed by atoms with Crippen LogP contribution in [0.3, 0.4) is 0 Å². The van der Waals surface area contributed by atoms with Gasteiger partial charge in [-0.25, -0.2) is 0 Å². The molecule has 0 aromatic rings. The molecular formula is C8H16N2O2S2. The van der Waals surface area contributed by atoms with Crippen LogP contribution in [0.5, 0.6) is 0 Å². The second kappa shape index (κ2) is 8.14. The molecule has 0 aliphatic rings. The highest BCUT2D eigenvalue weighted by Gasteiger charge is 2.10. The van der Waals surface area contributed by atoms with Gasteiger partial charge >= 0.3 is 0 Å². The minimum Gasteiger partial charge on any atom is -0.326 e. The van der Waals surface area contributed by atoms with Gasteiger partial charge in [-0.3, -0.25) is 10.1 Å². The highest BCUT2D eigenvalue weighted by molar-refractivity contribution is 8.70. The molecule has 0 aliphatic carbocycles. The Labute approximate surface area is 93.3 Å². The van der Waals surface area contributed by atoms with Crippen LogP contribution in [-0.2, 0) is 0 Å². The van der Waals surface area contributed by atoms with Gasteiger partial charge < -0.3 is 5.73 Å². The molecule has 1 atom stereocenters. The third kappa shape index (κ3) is 6.28. The molecule has 1 unspecified atom stereocenters. The van der Waals surface area contributed by atoms with E-state index < -0.39 is 6.04 Å². The predicted octanol–water partition coefficient (Wildman–Crippen LogP) is 2.24. The second-order valence-corrected chi connectivity index (χ2v) is 4.29. The van der Waals surface area contributed by atoms with Crippen molar-refractivity contribution >= 4 is 22.5 Å². The van der Waals surface area contributed by atoms with Crippen molar-refractivity contribution in [3.8, 4) is 0 Å². The first-order chi connectivity index (χ1) is 6.61. The maximum Gasteiger partial charge on any atom is 0.210 e. The van der Waals surface area contributed by atoms with Gasteiger partial charge in [-0.1, -0.05) is 16.9 Å². The molecule has 0 rings (SSSR count). The van der Waals surface area contributed by atoms with Gasteiger partial charge in [0.15, 0.2) is 0 Å². The Kier molecular flexibility index (Phi) is 8.02. The summed E-state index contributed by atoms with van der Waals surface area (Å²) in [5.41, 5.74) is 5.43. The highest BCUT2D eigenvalue weighted by Crippen LogP contribution is 2.19. The molecule has 2 N–H and O–H groups in total. The minimum atomic E-state index is -0.451. The second-order valence-electron chi connectivity index (χ2n) is 3.03. The van der Waals surface area contributed by atoms with Crippen molar-refractivity contribution in [3.63, 3.8) is 0 Å². The number of hydrogen-bond donors (Lipinski definition) is 2. The summed E-state index contributed by atoms with van der Waals surface area (Å²) >= 11 is 4.03. The fourth-order valence-electron chi connectivity index (χ4n) is 0.940. The fourth-order valence-corrected chi connectivity index (χ4v) is 1.65. The van der Waals surface area contributed by atoms with Gasteiger partial charge in [0.25, 0.3) is 0 Å². The number of rotatable bonds is 7. The Bertz CT molecular complexity index is 204. The van der Waals surface area contributed by atoms with Gasteiger partial charge in [0.1, 0.15) is 0 Å². The molecule has 0 radical (unpaired) electrons. The molecule has 0 heterocycles. The molecule has 82 valence electrons. The Balaban J connectivity index is 3.64. The van der Waals surface area contributed by atoms with E-state index in [-0.39, 0.29) is 4.92 Å². The van der Waals surface area contributed by atoms with Crippen LogP contribution >= 0.6 is 22.5 Å². The molecular weight excluding hydrogens is 220 g/mol. The monoisotopic (exact) mass is 236 g/mol. The number of hydrogen-bond acceptors (Lipinski definition) is 5. The first-order valence-electron chi connectivity index (χ1n) is 4.45. The molecule has 0 aromatic carbocycles. The van der Waals surface area contributed by atoms with Crippen molar-refractivity contribution in [1.82, 2.24) is 0 Å². The number of unbranched alkanes of at least 4 members (excludes halogenated alkanes) is 1. The van der Waals surface area contributed by atoms with Gasteiger partial charge in [0, 0.05) is 29.7 Å². The third-order valence-corrected chi connectivity index (χ3v) is 3.15. The van der Waals surface area contributed by atoms with E-state index in [2.05, 4.69) is 11.7 Å². The number of nitrogens with two attached hydrogens (primary N) is 1. The van der Waals surface area contributed by atoms with Crippen molar-refractivity contribution in [1.29, 1.82) is 0 Å². The number of nitrogens with zero attached hydrogens (tertiary/aromatic N) is 1. The van der Waals surface area contributed by atoms with E-state index in [1.165, 1.54) is 10.8 Å². The maximum absolute atomic E-state index is 10.3. The quantitative estimate of drug-likeness (QED) is 0.234. The Morgan fingerprint density at radius 2 is 2.43 bits per heavy atom. The molecule has 0 bridgehead atoms. The van der Waals surface area contributed by atoms with Gasteiger partial charge in [-0.15, -0.1) is 11.7 Å². The van der Waals surface area contributed by atoms with Crippen LogP contribution in [0.1, 0.15) is 26.2 Å². The van der Waals surface area contributed by atoms with Crippen molar-refractivity contribution in [3.05, 3.63) is 21.1 Å². The molecule has 0 aromatic heterocycles. The average molecular weight is 236 g/mol. The van der Waals surface area contributed by atoms with E-state index in [1.807, 2.05) is 6.08 Å². The molecule has 14 heavy (non-hydrogen) atoms. The number of allylic oxidation sites excluding steroid dienone is 1. The van der Waals surface area contributed by atoms with Gasteiger partial charge in [0.2, 0.25) is 6.04 Å². The Hall–Kier alpha value is -0.200. The normalized spacial score (nSPS) is 14.1. The first kappa shape index (κ1) is 13.8. The lowest BCUT2D eigenvalue weighted by Crippen LogP contribution is -2.14. The zero-order valence-electron chi connectivity index (χ0n) is 8.18. The Morgan fingerprint density at radius 3 is 2.86 bits per heavy atom. The van der Waals surface area contributed by atoms with Crippen LogP contribution in [0.15, 0.2) is 11.0 Å². The van der Waals surface area contributed by atoms with E-state index in [0.29, 0.717) is 13.0 Å². The third-order valence-electron chi connectivity index (χ3n) is 1.88. The van der Waals surface area contributed by atoms with Crippen LogP contribution in [0.4, 0.5) is 0 Å². The van der Waals surface area contributed by atoms with Crippen LogP contribution in [0.2, 0.25) is 0 Å². The van der Waals surface area contributed by atoms with E-state index in [4.69, 9.17) is 5.73 Å². The topological polar surface area (TPSA) is 69.2 Å². The summed E-state index contributed by atoms with van der Waals surface area (Å²) in [6, 6.07) is -0.451. The molecule has 0 fully saturated rings. The first-order valence-corrected chi connectivity index (χ1v) is 6.32. The molecule has 0 aliphatic heterocycles. The summed E-state index contributed by atoms with van der Waals surface area (Å²) in [6.07, 6.45) is 4.25. The molecule has 4 nitrogen and oxygen atoms in total. The summed E-state index contributed by atoms with van der Waals surface area (Å²) in [5.74, 6) is 0. The summed E-state index contributed by atoms with van der Waals surface area (Å²) in [5, 5.41) is 10.3. The molecule has 0 saturated heterocycles. The van der Waals surface area contributed by atoms with E-state index in [1.54, 1.807) is 6.92 Å². The van der Waals surface area contributed by atoms with Gasteiger partial charge in [-0.05, 0) is 12.8 Å². The lowest BCUT2D eigenvalue weighted by Gasteiger charge is -2.02. The summed E-state index contributed by atoms with van der Waals surface area (Å²) in [4.78, 5) is 11.1. The number of thiol groups is 1. The zero-order valence-corrected chi connectivity index (χ0v) is 9.89. The maximum atomic E-state index is 10.3. The smallest absolute Gasteiger partial charge is 0.210 e. The van der Waals surface area contributed by atoms with Crippen LogP contribution in [0.25, 0.3) is 0 Å². The van der Waals surface area contributed by atoms with Crippen molar-refractivity contribution in [2.45, 2.75) is 32.2 Å². The van der Waals surface area contributed by atoms with Crippen molar-refractivity contribution < 1.29 is 4.92 Å². The lowest BCUT2D eigenvalue weighted by atomic mass is 10.1. The lowest BCUT2D eigenvalue weighted by molar-refractivity contribution is -0.518. The average Bonchev–Trinajstić information content (AvgIpc) is 2.17. The fraction of sp³-hybridized carbons (Fsp3) is 0.750. The molecule has 0 saturated carbocycles. The van der Waals surface area contributed by atoms with E-state index >= 15 is 0 Å². The summed E-state index contributed by atoms with van der Waals surface area (Å²) in [7, 11) is 1.33. The predicted molar refractivity (Wildman–Crippen MR) is 64.0 cm³/mol. The summed E-state index contributed by atoms with van der Waals surface area (Å²) < 4.78 is 0. The van der Waals surface area contributed by atoms with Crippen molar-refractivity contribution in [2.75, 3.05) is 6.54 Å². The zero-order chi connectivity index (χ0) is 11.0. The van der Waals surface area contributed by atoms with Crippen LogP contribution in [0, 0.1) is 10.1 Å². The van der Waals surface area contributed by atoms with Crippen molar-refractivity contribution in [2.24, 2.45) is 5.73 Å². The summed E-state index contributed by atoms with van der Waals surface area (Å²) in [6.45, 7) is 2.11. The van der Waals surface area contributed by atoms with E-state index in [0.717, 1.165) is 17.7 Å². The standard InChI is InChI=1S/C8H16N2O2S2/c1-7(10(11)12)4-2-3-5-8(6-9)14-13/h5,7,13H,2-4,6,9H2,1H3/b8-5+. The van der Waals surface area contributed by atoms with E-state index in [9.17, 15) is 10.1 Å². The molecule has 6 heteroatoms. The highest BCUT2D eigenvalue weighted by atomic mass is 33.1.